The van der Waals surface area contributed by atoms with Crippen molar-refractivity contribution in [3.63, 3.8) is 0 Å². The van der Waals surface area contributed by atoms with Gasteiger partial charge in [0.1, 0.15) is 5.69 Å². The molecule has 0 unspecified atom stereocenters. The second-order valence-electron chi connectivity index (χ2n) is 2.98. The summed E-state index contributed by atoms with van der Waals surface area (Å²) in [5.41, 5.74) is 5.18. The van der Waals surface area contributed by atoms with E-state index in [2.05, 4.69) is 5.32 Å². The van der Waals surface area contributed by atoms with Crippen LogP contribution in [0.25, 0.3) is 0 Å². The predicted octanol–water partition coefficient (Wildman–Crippen LogP) is 2.00. The molecule has 0 bridgehead atoms. The Balaban J connectivity index is 2.60. The Kier molecular flexibility index (Phi) is 4.30. The molecule has 0 atom stereocenters. The fourth-order valence-corrected chi connectivity index (χ4v) is 1.15. The van der Waals surface area contributed by atoms with Gasteiger partial charge in [-0.05, 0) is 19.1 Å². The van der Waals surface area contributed by atoms with Crippen molar-refractivity contribution in [2.24, 2.45) is 0 Å². The van der Waals surface area contributed by atoms with Gasteiger partial charge in [-0.25, -0.2) is 8.78 Å². The van der Waals surface area contributed by atoms with Crippen LogP contribution >= 0.6 is 0 Å². The molecule has 0 spiro atoms. The Morgan fingerprint density at radius 3 is 2.47 bits per heavy atom. The smallest absolute Gasteiger partial charge is 0.151 e. The summed E-state index contributed by atoms with van der Waals surface area (Å²) in [6.07, 6.45) is 0. The van der Waals surface area contributed by atoms with Crippen molar-refractivity contribution in [3.8, 4) is 0 Å². The first kappa shape index (κ1) is 11.7. The lowest BCUT2D eigenvalue weighted by atomic mass is 10.2. The van der Waals surface area contributed by atoms with Crippen LogP contribution in [0.2, 0.25) is 0 Å². The van der Waals surface area contributed by atoms with E-state index in [4.69, 9.17) is 10.5 Å². The number of nitrogens with one attached hydrogen (secondary N) is 1. The highest BCUT2D eigenvalue weighted by Crippen LogP contribution is 2.21. The minimum Gasteiger partial charge on any atom is -0.399 e. The summed E-state index contributed by atoms with van der Waals surface area (Å²) in [5.74, 6) is -1.38. The van der Waals surface area contributed by atoms with Crippen molar-refractivity contribution in [1.29, 1.82) is 0 Å². The Labute approximate surface area is 87.2 Å². The standard InChI is InChI=1S/C10H14F2N2O/c1-2-15-4-3-14-10-8(11)5-7(13)6-9(10)12/h5-6,14H,2-4,13H2,1H3. The van der Waals surface area contributed by atoms with Crippen LogP contribution in [-0.2, 0) is 4.74 Å². The lowest BCUT2D eigenvalue weighted by Crippen LogP contribution is -2.11. The van der Waals surface area contributed by atoms with E-state index in [0.29, 0.717) is 19.8 Å². The average Bonchev–Trinajstić information content (AvgIpc) is 2.15. The molecule has 0 aliphatic rings. The average molecular weight is 216 g/mol. The first-order valence-electron chi connectivity index (χ1n) is 4.71. The molecule has 0 saturated heterocycles. The van der Waals surface area contributed by atoms with E-state index < -0.39 is 11.6 Å². The van der Waals surface area contributed by atoms with Crippen LogP contribution in [0.3, 0.4) is 0 Å². The summed E-state index contributed by atoms with van der Waals surface area (Å²) in [6, 6.07) is 2.15. The summed E-state index contributed by atoms with van der Waals surface area (Å²) >= 11 is 0. The molecular formula is C10H14F2N2O. The zero-order valence-electron chi connectivity index (χ0n) is 8.52. The van der Waals surface area contributed by atoms with E-state index >= 15 is 0 Å². The minimum atomic E-state index is -0.691. The van der Waals surface area contributed by atoms with Crippen molar-refractivity contribution < 1.29 is 13.5 Å². The highest BCUT2D eigenvalue weighted by Gasteiger charge is 2.09. The molecule has 0 heterocycles. The molecule has 0 radical (unpaired) electrons. The van der Waals surface area contributed by atoms with Gasteiger partial charge in [-0.3, -0.25) is 0 Å². The zero-order chi connectivity index (χ0) is 11.3. The minimum absolute atomic E-state index is 0.0698. The Hall–Kier alpha value is -1.36. The van der Waals surface area contributed by atoms with Gasteiger partial charge >= 0.3 is 0 Å². The molecule has 0 aliphatic carbocycles. The quantitative estimate of drug-likeness (QED) is 0.584. The van der Waals surface area contributed by atoms with Gasteiger partial charge in [-0.1, -0.05) is 0 Å². The molecule has 1 rings (SSSR count). The number of hydrogen-bond acceptors (Lipinski definition) is 3. The van der Waals surface area contributed by atoms with E-state index in [9.17, 15) is 8.78 Å². The number of rotatable bonds is 5. The van der Waals surface area contributed by atoms with Crippen molar-refractivity contribution in [2.45, 2.75) is 6.92 Å². The van der Waals surface area contributed by atoms with E-state index in [-0.39, 0.29) is 11.4 Å². The zero-order valence-corrected chi connectivity index (χ0v) is 8.52. The van der Waals surface area contributed by atoms with Crippen LogP contribution in [0.4, 0.5) is 20.2 Å². The van der Waals surface area contributed by atoms with Gasteiger partial charge in [0.2, 0.25) is 0 Å². The summed E-state index contributed by atoms with van der Waals surface area (Å²) in [6.45, 7) is 3.18. The summed E-state index contributed by atoms with van der Waals surface area (Å²) in [7, 11) is 0. The van der Waals surface area contributed by atoms with E-state index in [1.54, 1.807) is 0 Å². The van der Waals surface area contributed by atoms with E-state index in [1.807, 2.05) is 6.92 Å². The van der Waals surface area contributed by atoms with Crippen molar-refractivity contribution >= 4 is 11.4 Å². The van der Waals surface area contributed by atoms with E-state index in [0.717, 1.165) is 12.1 Å². The van der Waals surface area contributed by atoms with Crippen LogP contribution in [-0.4, -0.2) is 19.8 Å². The molecule has 0 aliphatic heterocycles. The second-order valence-corrected chi connectivity index (χ2v) is 2.98. The summed E-state index contributed by atoms with van der Waals surface area (Å²) in [4.78, 5) is 0. The number of benzene rings is 1. The number of anilines is 2. The Morgan fingerprint density at radius 2 is 1.93 bits per heavy atom. The molecular weight excluding hydrogens is 202 g/mol. The second kappa shape index (κ2) is 5.50. The monoisotopic (exact) mass is 216 g/mol. The number of nitrogen functional groups attached to an aromatic ring is 1. The predicted molar refractivity (Wildman–Crippen MR) is 55.8 cm³/mol. The third-order valence-corrected chi connectivity index (χ3v) is 1.82. The molecule has 0 amide bonds. The van der Waals surface area contributed by atoms with Crippen molar-refractivity contribution in [3.05, 3.63) is 23.8 Å². The summed E-state index contributed by atoms with van der Waals surface area (Å²) < 4.78 is 31.4. The van der Waals surface area contributed by atoms with Gasteiger partial charge in [0.25, 0.3) is 0 Å². The highest BCUT2D eigenvalue weighted by molar-refractivity contribution is 5.53. The molecule has 15 heavy (non-hydrogen) atoms. The van der Waals surface area contributed by atoms with E-state index in [1.165, 1.54) is 0 Å². The number of nitrogens with two attached hydrogens (primary N) is 1. The lowest BCUT2D eigenvalue weighted by molar-refractivity contribution is 0.158. The normalized spacial score (nSPS) is 10.3. The Morgan fingerprint density at radius 1 is 1.33 bits per heavy atom. The van der Waals surface area contributed by atoms with Gasteiger partial charge in [-0.15, -0.1) is 0 Å². The number of halogens is 2. The fraction of sp³-hybridized carbons (Fsp3) is 0.400. The van der Waals surface area contributed by atoms with Gasteiger partial charge in [0.05, 0.1) is 6.61 Å². The number of ether oxygens (including phenoxy) is 1. The molecule has 0 saturated carbocycles. The SMILES string of the molecule is CCOCCNc1c(F)cc(N)cc1F. The maximum Gasteiger partial charge on any atom is 0.151 e. The largest absolute Gasteiger partial charge is 0.399 e. The molecule has 3 nitrogen and oxygen atoms in total. The molecule has 3 N–H and O–H groups in total. The lowest BCUT2D eigenvalue weighted by Gasteiger charge is -2.09. The van der Waals surface area contributed by atoms with Gasteiger partial charge in [0.15, 0.2) is 11.6 Å². The summed E-state index contributed by atoms with van der Waals surface area (Å²) in [5, 5.41) is 2.61. The van der Waals surface area contributed by atoms with Crippen LogP contribution in [0, 0.1) is 11.6 Å². The van der Waals surface area contributed by atoms with Gasteiger partial charge in [0, 0.05) is 18.8 Å². The van der Waals surface area contributed by atoms with Crippen LogP contribution in [0.15, 0.2) is 12.1 Å². The molecule has 0 fully saturated rings. The fourth-order valence-electron chi connectivity index (χ4n) is 1.15. The number of hydrogen-bond donors (Lipinski definition) is 2. The van der Waals surface area contributed by atoms with Crippen LogP contribution in [0.1, 0.15) is 6.92 Å². The van der Waals surface area contributed by atoms with Gasteiger partial charge < -0.3 is 15.8 Å². The molecule has 0 aromatic heterocycles. The molecule has 1 aromatic carbocycles. The van der Waals surface area contributed by atoms with Crippen LogP contribution < -0.4 is 11.1 Å². The van der Waals surface area contributed by atoms with Crippen molar-refractivity contribution in [1.82, 2.24) is 0 Å². The molecule has 1 aromatic rings. The highest BCUT2D eigenvalue weighted by atomic mass is 19.1. The molecule has 5 heteroatoms. The first-order chi connectivity index (χ1) is 7.15. The maximum absolute atomic E-state index is 13.2. The Bertz CT molecular complexity index is 308. The maximum atomic E-state index is 13.2. The third kappa shape index (κ3) is 3.36. The third-order valence-electron chi connectivity index (χ3n) is 1.82. The first-order valence-corrected chi connectivity index (χ1v) is 4.71. The van der Waals surface area contributed by atoms with Gasteiger partial charge in [-0.2, -0.15) is 0 Å². The van der Waals surface area contributed by atoms with Crippen molar-refractivity contribution in [2.75, 3.05) is 30.8 Å². The molecule has 84 valence electrons. The topological polar surface area (TPSA) is 47.3 Å². The van der Waals surface area contributed by atoms with Crippen LogP contribution in [0.5, 0.6) is 0 Å².